The predicted molar refractivity (Wildman–Crippen MR) is 143 cm³/mol. The summed E-state index contributed by atoms with van der Waals surface area (Å²) in [6, 6.07) is 45.3. The van der Waals surface area contributed by atoms with Gasteiger partial charge in [0.15, 0.2) is 0 Å². The van der Waals surface area contributed by atoms with E-state index < -0.39 is 0 Å². The lowest BCUT2D eigenvalue weighted by atomic mass is 9.89. The Kier molecular flexibility index (Phi) is 5.22. The van der Waals surface area contributed by atoms with Crippen molar-refractivity contribution in [1.82, 2.24) is 0 Å². The van der Waals surface area contributed by atoms with Gasteiger partial charge in [-0.1, -0.05) is 115 Å². The summed E-state index contributed by atoms with van der Waals surface area (Å²) < 4.78 is 6.64. The maximum Gasteiger partial charge on any atom is 0.144 e. The molecule has 1 heterocycles. The molecule has 0 radical (unpaired) electrons. The number of fused-ring (bicyclic) bond motifs is 1. The van der Waals surface area contributed by atoms with Crippen LogP contribution in [0.15, 0.2) is 132 Å². The molecule has 0 bridgehead atoms. The molecule has 0 fully saturated rings. The molecule has 164 valence electrons. The van der Waals surface area contributed by atoms with Gasteiger partial charge in [-0.2, -0.15) is 5.26 Å². The fraction of sp³-hybridized carbons (Fsp3) is 0. The van der Waals surface area contributed by atoms with Crippen LogP contribution in [-0.2, 0) is 0 Å². The van der Waals surface area contributed by atoms with Crippen molar-refractivity contribution in [2.24, 2.45) is 0 Å². The van der Waals surface area contributed by atoms with E-state index in [-0.39, 0.29) is 0 Å². The van der Waals surface area contributed by atoms with Gasteiger partial charge in [0.2, 0.25) is 0 Å². The first-order valence-electron chi connectivity index (χ1n) is 11.6. The Bertz CT molecular complexity index is 1670. The minimum Gasteiger partial charge on any atom is -0.455 e. The van der Waals surface area contributed by atoms with Crippen molar-refractivity contribution < 1.29 is 4.42 Å². The number of hydrogen-bond acceptors (Lipinski definition) is 2. The zero-order valence-corrected chi connectivity index (χ0v) is 19.0. The highest BCUT2D eigenvalue weighted by Gasteiger charge is 2.23. The molecule has 6 rings (SSSR count). The van der Waals surface area contributed by atoms with Crippen molar-refractivity contribution >= 4 is 10.8 Å². The average molecular weight is 448 g/mol. The van der Waals surface area contributed by atoms with Crippen LogP contribution in [0.4, 0.5) is 0 Å². The highest BCUT2D eigenvalue weighted by Crippen LogP contribution is 2.45. The van der Waals surface area contributed by atoms with E-state index in [0.29, 0.717) is 5.56 Å². The summed E-state index contributed by atoms with van der Waals surface area (Å²) in [4.78, 5) is 0. The SMILES string of the molecule is N#Cc1cc(-c2ccccc2)cc(-c2ccccc2)c1-c1oc(-c2ccccc2)c2ccccc12. The minimum absolute atomic E-state index is 0.587. The Hall–Kier alpha value is -4.87. The van der Waals surface area contributed by atoms with E-state index in [1.54, 1.807) is 0 Å². The lowest BCUT2D eigenvalue weighted by Gasteiger charge is -2.14. The summed E-state index contributed by atoms with van der Waals surface area (Å²) in [5.74, 6) is 1.53. The Labute approximate surface area is 204 Å². The zero-order valence-electron chi connectivity index (χ0n) is 19.0. The Morgan fingerprint density at radius 3 is 1.60 bits per heavy atom. The van der Waals surface area contributed by atoms with Crippen LogP contribution < -0.4 is 0 Å². The molecule has 0 aliphatic rings. The minimum atomic E-state index is 0.587. The molecule has 0 spiro atoms. The van der Waals surface area contributed by atoms with E-state index in [2.05, 4.69) is 60.7 Å². The van der Waals surface area contributed by atoms with E-state index in [1.165, 1.54) is 0 Å². The fourth-order valence-electron chi connectivity index (χ4n) is 4.70. The molecule has 0 atom stereocenters. The van der Waals surface area contributed by atoms with Gasteiger partial charge >= 0.3 is 0 Å². The van der Waals surface area contributed by atoms with Crippen molar-refractivity contribution in [3.05, 3.63) is 133 Å². The molecule has 35 heavy (non-hydrogen) atoms. The molecule has 0 unspecified atom stereocenters. The number of nitriles is 1. The van der Waals surface area contributed by atoms with Crippen molar-refractivity contribution in [1.29, 1.82) is 5.26 Å². The third-order valence-electron chi connectivity index (χ3n) is 6.33. The lowest BCUT2D eigenvalue weighted by Crippen LogP contribution is -1.92. The van der Waals surface area contributed by atoms with Crippen molar-refractivity contribution in [2.75, 3.05) is 0 Å². The number of nitrogens with zero attached hydrogens (tertiary/aromatic N) is 1. The van der Waals surface area contributed by atoms with Crippen molar-refractivity contribution in [3.63, 3.8) is 0 Å². The van der Waals surface area contributed by atoms with Gasteiger partial charge in [-0.15, -0.1) is 0 Å². The summed E-state index contributed by atoms with van der Waals surface area (Å²) in [6.07, 6.45) is 0. The molecule has 5 aromatic carbocycles. The first-order chi connectivity index (χ1) is 17.3. The van der Waals surface area contributed by atoms with Crippen LogP contribution in [0.3, 0.4) is 0 Å². The summed E-state index contributed by atoms with van der Waals surface area (Å²) in [6.45, 7) is 0. The summed E-state index contributed by atoms with van der Waals surface area (Å²) in [7, 11) is 0. The lowest BCUT2D eigenvalue weighted by molar-refractivity contribution is 0.602. The third kappa shape index (κ3) is 3.70. The molecule has 0 N–H and O–H groups in total. The summed E-state index contributed by atoms with van der Waals surface area (Å²) in [5.41, 5.74) is 6.50. The van der Waals surface area contributed by atoms with Crippen LogP contribution in [0.25, 0.3) is 55.7 Å². The van der Waals surface area contributed by atoms with E-state index in [4.69, 9.17) is 4.42 Å². The molecule has 0 aliphatic carbocycles. The van der Waals surface area contributed by atoms with Gasteiger partial charge in [0.1, 0.15) is 11.5 Å². The molecule has 0 saturated heterocycles. The number of rotatable bonds is 4. The van der Waals surface area contributed by atoms with Crippen LogP contribution in [0, 0.1) is 11.3 Å². The van der Waals surface area contributed by atoms with Gasteiger partial charge in [-0.3, -0.25) is 0 Å². The molecule has 0 aliphatic heterocycles. The van der Waals surface area contributed by atoms with Crippen molar-refractivity contribution in [2.45, 2.75) is 0 Å². The van der Waals surface area contributed by atoms with E-state index in [0.717, 1.165) is 55.7 Å². The quantitative estimate of drug-likeness (QED) is 0.270. The summed E-state index contributed by atoms with van der Waals surface area (Å²) >= 11 is 0. The fourth-order valence-corrected chi connectivity index (χ4v) is 4.70. The molecule has 0 saturated carbocycles. The molecule has 0 amide bonds. The van der Waals surface area contributed by atoms with Gasteiger partial charge in [0, 0.05) is 21.9 Å². The largest absolute Gasteiger partial charge is 0.455 e. The Morgan fingerprint density at radius 1 is 0.486 bits per heavy atom. The van der Waals surface area contributed by atoms with Crippen LogP contribution in [-0.4, -0.2) is 0 Å². The topological polar surface area (TPSA) is 36.9 Å². The smallest absolute Gasteiger partial charge is 0.144 e. The van der Waals surface area contributed by atoms with Gasteiger partial charge < -0.3 is 4.42 Å². The second kappa shape index (κ2) is 8.82. The standard InChI is InChI=1S/C33H21NO/c34-22-27-20-26(23-12-4-1-5-13-23)21-30(24-14-6-2-7-15-24)31(27)33-29-19-11-10-18-28(29)32(35-33)25-16-8-3-9-17-25/h1-21H. The molecule has 1 aromatic heterocycles. The zero-order chi connectivity index (χ0) is 23.6. The highest BCUT2D eigenvalue weighted by atomic mass is 16.3. The molecule has 6 aromatic rings. The Morgan fingerprint density at radius 2 is 1.00 bits per heavy atom. The molecule has 2 heteroatoms. The normalized spacial score (nSPS) is 10.8. The highest BCUT2D eigenvalue weighted by molar-refractivity contribution is 6.06. The van der Waals surface area contributed by atoms with Gasteiger partial charge in [0.25, 0.3) is 0 Å². The second-order valence-electron chi connectivity index (χ2n) is 8.46. The van der Waals surface area contributed by atoms with E-state index in [1.807, 2.05) is 72.8 Å². The maximum absolute atomic E-state index is 10.3. The number of furan rings is 1. The van der Waals surface area contributed by atoms with Crippen LogP contribution in [0.5, 0.6) is 0 Å². The van der Waals surface area contributed by atoms with E-state index in [9.17, 15) is 5.26 Å². The number of benzene rings is 5. The van der Waals surface area contributed by atoms with Gasteiger partial charge in [-0.05, 0) is 34.4 Å². The van der Waals surface area contributed by atoms with Gasteiger partial charge in [0.05, 0.1) is 11.6 Å². The first kappa shape index (κ1) is 20.7. The van der Waals surface area contributed by atoms with Gasteiger partial charge in [-0.25, -0.2) is 0 Å². The van der Waals surface area contributed by atoms with Crippen molar-refractivity contribution in [3.8, 4) is 51.0 Å². The van der Waals surface area contributed by atoms with Crippen LogP contribution in [0.1, 0.15) is 5.56 Å². The maximum atomic E-state index is 10.3. The Balaban J connectivity index is 1.69. The van der Waals surface area contributed by atoms with Crippen LogP contribution in [0.2, 0.25) is 0 Å². The first-order valence-corrected chi connectivity index (χ1v) is 11.6. The number of hydrogen-bond donors (Lipinski definition) is 0. The molecular formula is C33H21NO. The second-order valence-corrected chi connectivity index (χ2v) is 8.46. The summed E-state index contributed by atoms with van der Waals surface area (Å²) in [5, 5.41) is 12.4. The molecular weight excluding hydrogens is 426 g/mol. The predicted octanol–water partition coefficient (Wildman–Crippen LogP) is 8.97. The average Bonchev–Trinajstić information content (AvgIpc) is 3.33. The monoisotopic (exact) mass is 447 g/mol. The van der Waals surface area contributed by atoms with Crippen LogP contribution >= 0.6 is 0 Å². The molecule has 2 nitrogen and oxygen atoms in total. The third-order valence-corrected chi connectivity index (χ3v) is 6.33. The van der Waals surface area contributed by atoms with E-state index >= 15 is 0 Å².